The molecule has 4 aliphatic heterocycles. The van der Waals surface area contributed by atoms with Gasteiger partial charge in [-0.2, -0.15) is 0 Å². The van der Waals surface area contributed by atoms with Crippen molar-refractivity contribution in [2.75, 3.05) is 26.4 Å². The van der Waals surface area contributed by atoms with Crippen LogP contribution in [-0.4, -0.2) is 216 Å². The second-order valence-electron chi connectivity index (χ2n) is 12.0. The molecule has 4 saturated heterocycles. The molecule has 1 amide bonds. The molecule has 48 heavy (non-hydrogen) atoms. The van der Waals surface area contributed by atoms with Crippen LogP contribution in [-0.2, 0) is 38.0 Å². The predicted octanol–water partition coefficient (Wildman–Crippen LogP) is -9.64. The summed E-state index contributed by atoms with van der Waals surface area (Å²) < 4.78 is 39.0. The Morgan fingerprint density at radius 3 is 1.67 bits per heavy atom. The van der Waals surface area contributed by atoms with E-state index in [1.165, 1.54) is 0 Å². The molecule has 4 rings (SSSR count). The molecule has 20 atom stereocenters. The minimum Gasteiger partial charge on any atom is -0.394 e. The molecule has 22 nitrogen and oxygen atoms in total. The third kappa shape index (κ3) is 8.41. The Hall–Kier alpha value is -1.33. The van der Waals surface area contributed by atoms with E-state index in [1.54, 1.807) is 0 Å². The molecule has 0 saturated carbocycles. The molecular formula is C26H46N2O20. The summed E-state index contributed by atoms with van der Waals surface area (Å²) in [5.41, 5.74) is 5.89. The zero-order chi connectivity index (χ0) is 35.6. The number of hydrogen-bond acceptors (Lipinski definition) is 21. The Kier molecular flexibility index (Phi) is 13.8. The van der Waals surface area contributed by atoms with Crippen LogP contribution in [0, 0.1) is 0 Å². The summed E-state index contributed by atoms with van der Waals surface area (Å²) in [4.78, 5) is 11.9. The smallest absolute Gasteiger partial charge is 0.217 e. The average molecular weight is 707 g/mol. The van der Waals surface area contributed by atoms with Crippen LogP contribution >= 0.6 is 0 Å². The van der Waals surface area contributed by atoms with Gasteiger partial charge in [0.05, 0.1) is 32.5 Å². The van der Waals surface area contributed by atoms with Crippen LogP contribution in [0.25, 0.3) is 0 Å². The third-order valence-electron chi connectivity index (χ3n) is 8.65. The number of nitrogens with one attached hydrogen (secondary N) is 1. The van der Waals surface area contributed by atoms with Gasteiger partial charge in [-0.05, 0) is 0 Å². The number of aliphatic hydroxyl groups excluding tert-OH is 12. The lowest BCUT2D eigenvalue weighted by atomic mass is 9.95. The zero-order valence-electron chi connectivity index (χ0n) is 25.6. The minimum absolute atomic E-state index is 0.623. The molecule has 0 aliphatic carbocycles. The highest BCUT2D eigenvalue weighted by atomic mass is 16.8. The maximum atomic E-state index is 11.9. The maximum absolute atomic E-state index is 11.9. The molecule has 15 N–H and O–H groups in total. The van der Waals surface area contributed by atoms with Gasteiger partial charge in [0.15, 0.2) is 25.2 Å². The van der Waals surface area contributed by atoms with Gasteiger partial charge in [-0.1, -0.05) is 0 Å². The van der Waals surface area contributed by atoms with Crippen molar-refractivity contribution in [3.8, 4) is 0 Å². The number of hydrogen-bond donors (Lipinski definition) is 14. The normalized spacial score (nSPS) is 50.2. The summed E-state index contributed by atoms with van der Waals surface area (Å²) in [6.45, 7) is -1.75. The average Bonchev–Trinajstić information content (AvgIpc) is 3.05. The molecule has 280 valence electrons. The number of amides is 1. The summed E-state index contributed by atoms with van der Waals surface area (Å²) in [6.07, 6.45) is -30.2. The minimum atomic E-state index is -1.95. The van der Waals surface area contributed by atoms with Crippen LogP contribution in [0.1, 0.15) is 6.92 Å². The van der Waals surface area contributed by atoms with E-state index in [4.69, 9.17) is 38.9 Å². The summed E-state index contributed by atoms with van der Waals surface area (Å²) in [5.74, 6) is -0.691. The molecule has 0 spiro atoms. The fourth-order valence-electron chi connectivity index (χ4n) is 5.77. The number of rotatable bonds is 11. The van der Waals surface area contributed by atoms with Crippen molar-refractivity contribution in [1.29, 1.82) is 0 Å². The number of ether oxygens (including phenoxy) is 7. The second-order valence-corrected chi connectivity index (χ2v) is 12.0. The van der Waals surface area contributed by atoms with Crippen molar-refractivity contribution >= 4 is 5.91 Å². The molecule has 0 radical (unpaired) electrons. The molecule has 0 unspecified atom stereocenters. The third-order valence-corrected chi connectivity index (χ3v) is 8.65. The van der Waals surface area contributed by atoms with Crippen molar-refractivity contribution < 1.29 is 99.2 Å². The summed E-state index contributed by atoms with van der Waals surface area (Å²) in [5, 5.41) is 125. The van der Waals surface area contributed by atoms with Gasteiger partial charge >= 0.3 is 0 Å². The van der Waals surface area contributed by atoms with Gasteiger partial charge in [-0.3, -0.25) is 4.79 Å². The number of aliphatic hydroxyl groups is 12. The Bertz CT molecular complexity index is 1030. The van der Waals surface area contributed by atoms with Crippen LogP contribution in [0.15, 0.2) is 0 Å². The largest absolute Gasteiger partial charge is 0.394 e. The lowest BCUT2D eigenvalue weighted by molar-refractivity contribution is -0.366. The van der Waals surface area contributed by atoms with E-state index in [1.807, 2.05) is 0 Å². The van der Waals surface area contributed by atoms with E-state index in [2.05, 4.69) is 5.32 Å². The van der Waals surface area contributed by atoms with Crippen LogP contribution < -0.4 is 11.1 Å². The van der Waals surface area contributed by atoms with E-state index in [-0.39, 0.29) is 0 Å². The molecular weight excluding hydrogens is 660 g/mol. The van der Waals surface area contributed by atoms with Gasteiger partial charge in [0.1, 0.15) is 91.5 Å². The highest BCUT2D eigenvalue weighted by Crippen LogP contribution is 2.32. The van der Waals surface area contributed by atoms with E-state index < -0.39 is 155 Å². The highest BCUT2D eigenvalue weighted by Gasteiger charge is 2.53. The van der Waals surface area contributed by atoms with Gasteiger partial charge in [-0.25, -0.2) is 0 Å². The summed E-state index contributed by atoms with van der Waals surface area (Å²) in [6, 6.07) is -2.82. The molecule has 0 aromatic heterocycles. The first kappa shape index (κ1) is 39.5. The number of carbonyl (C=O) groups is 1. The van der Waals surface area contributed by atoms with Gasteiger partial charge in [-0.15, -0.1) is 0 Å². The highest BCUT2D eigenvalue weighted by molar-refractivity contribution is 5.73. The van der Waals surface area contributed by atoms with Gasteiger partial charge in [0.25, 0.3) is 0 Å². The van der Waals surface area contributed by atoms with Crippen molar-refractivity contribution in [1.82, 2.24) is 5.32 Å². The lowest BCUT2D eigenvalue weighted by Crippen LogP contribution is -2.68. The van der Waals surface area contributed by atoms with Crippen molar-refractivity contribution in [3.05, 3.63) is 0 Å². The van der Waals surface area contributed by atoms with Crippen LogP contribution in [0.2, 0.25) is 0 Å². The maximum Gasteiger partial charge on any atom is 0.217 e. The van der Waals surface area contributed by atoms with E-state index >= 15 is 0 Å². The molecule has 4 fully saturated rings. The first-order valence-electron chi connectivity index (χ1n) is 15.2. The van der Waals surface area contributed by atoms with Gasteiger partial charge in [0, 0.05) is 6.92 Å². The Morgan fingerprint density at radius 1 is 0.604 bits per heavy atom. The van der Waals surface area contributed by atoms with Crippen LogP contribution in [0.4, 0.5) is 0 Å². The van der Waals surface area contributed by atoms with Crippen molar-refractivity contribution in [2.45, 2.75) is 130 Å². The van der Waals surface area contributed by atoms with Crippen LogP contribution in [0.5, 0.6) is 0 Å². The van der Waals surface area contributed by atoms with Crippen LogP contribution in [0.3, 0.4) is 0 Å². The monoisotopic (exact) mass is 706 g/mol. The van der Waals surface area contributed by atoms with Gasteiger partial charge < -0.3 is 105 Å². The van der Waals surface area contributed by atoms with Gasteiger partial charge in [0.2, 0.25) is 5.91 Å². The summed E-state index contributed by atoms with van der Waals surface area (Å²) in [7, 11) is 0. The molecule has 22 heteroatoms. The quantitative estimate of drug-likeness (QED) is 0.0948. The summed E-state index contributed by atoms with van der Waals surface area (Å²) >= 11 is 0. The van der Waals surface area contributed by atoms with Crippen molar-refractivity contribution in [2.24, 2.45) is 5.73 Å². The fraction of sp³-hybridized carbons (Fsp3) is 0.962. The topological polar surface area (TPSA) is 362 Å². The molecule has 4 aliphatic rings. The molecule has 0 aromatic rings. The number of carbonyl (C=O) groups excluding carboxylic acids is 1. The van der Waals surface area contributed by atoms with E-state index in [0.717, 1.165) is 6.92 Å². The SMILES string of the molecule is CC(=O)N[C@H]1[C@H](O[C@@H]2[C@@H](OC[C@H]3O[C@@H](O)[C@H](O)[C@@H](O)[C@@H]3O)O[C@H](CO[C@@H]3O[C@H](CO)[C@@H](O)[C@H](O)[C@H]3N)[C@@H](O)[C@@H]2O)O[C@H](CO)[C@@H](O)[C@@H]1O. The Morgan fingerprint density at radius 2 is 1.08 bits per heavy atom. The van der Waals surface area contributed by atoms with E-state index in [0.29, 0.717) is 0 Å². The first-order chi connectivity index (χ1) is 22.6. The zero-order valence-corrected chi connectivity index (χ0v) is 25.6. The first-order valence-corrected chi connectivity index (χ1v) is 15.2. The molecule has 0 bridgehead atoms. The molecule has 4 heterocycles. The van der Waals surface area contributed by atoms with E-state index in [9.17, 15) is 66.1 Å². The van der Waals surface area contributed by atoms with Crippen molar-refractivity contribution in [3.63, 3.8) is 0 Å². The molecule has 0 aromatic carbocycles. The lowest BCUT2D eigenvalue weighted by Gasteiger charge is -2.48. The number of nitrogens with two attached hydrogens (primary N) is 1. The predicted molar refractivity (Wildman–Crippen MR) is 147 cm³/mol. The Balaban J connectivity index is 1.55. The standard InChI is InChI=1S/C26H46N2O20/c1-6(31)28-12-18(37)14(33)8(3-30)46-25(12)48-22-20(39)16(35)10(5-42-24-11(27)17(36)13(32)7(2-29)45-24)47-26(22)43-4-9-15(34)19(38)21(40)23(41)44-9/h7-26,29-30,32-41H,2-5,27H2,1H3,(H,28,31)/t7-,8-,9-,10-,11-,12-,13-,14-,15-,16-,17-,18-,19+,20+,21-,22+,23-,24-,25+,26+/m1/s1. The fourth-order valence-corrected chi connectivity index (χ4v) is 5.77. The Labute approximate surface area is 272 Å². The second kappa shape index (κ2) is 16.8.